The summed E-state index contributed by atoms with van der Waals surface area (Å²) in [4.78, 5) is 16.6. The summed E-state index contributed by atoms with van der Waals surface area (Å²) in [5, 5.41) is 2.90. The van der Waals surface area contributed by atoms with Crippen LogP contribution in [0.3, 0.4) is 0 Å². The van der Waals surface area contributed by atoms with Gasteiger partial charge >= 0.3 is 0 Å². The molecule has 0 aliphatic heterocycles. The molecule has 3 aromatic rings. The molecule has 1 aromatic heterocycles. The topological polar surface area (TPSA) is 55.1 Å². The number of nitrogens with zero attached hydrogens (tertiary/aromatic N) is 1. The van der Waals surface area contributed by atoms with E-state index in [0.29, 0.717) is 17.1 Å². The normalized spacial score (nSPS) is 10.8. The second-order valence-corrected chi connectivity index (χ2v) is 5.87. The molecule has 0 aliphatic rings. The summed E-state index contributed by atoms with van der Waals surface area (Å²) < 4.78 is 5.43. The molecule has 0 atom stereocenters. The van der Waals surface area contributed by atoms with Gasteiger partial charge in [0.1, 0.15) is 5.52 Å². The van der Waals surface area contributed by atoms with Gasteiger partial charge < -0.3 is 9.73 Å². The van der Waals surface area contributed by atoms with Crippen LogP contribution in [-0.4, -0.2) is 17.1 Å². The predicted octanol–water partition coefficient (Wildman–Crippen LogP) is 4.25. The molecule has 1 N–H and O–H groups in total. The van der Waals surface area contributed by atoms with Crippen LogP contribution >= 0.6 is 11.8 Å². The third-order valence-electron chi connectivity index (χ3n) is 3.25. The smallest absolute Gasteiger partial charge is 0.255 e. The van der Waals surface area contributed by atoms with E-state index in [0.717, 1.165) is 22.4 Å². The van der Waals surface area contributed by atoms with E-state index in [1.54, 1.807) is 18.7 Å². The van der Waals surface area contributed by atoms with Gasteiger partial charge in [0.05, 0.1) is 0 Å². The summed E-state index contributed by atoms with van der Waals surface area (Å²) in [7, 11) is 0. The second kappa shape index (κ2) is 6.23. The van der Waals surface area contributed by atoms with Crippen molar-refractivity contribution in [2.75, 3.05) is 11.6 Å². The molecule has 3 rings (SSSR count). The Balaban J connectivity index is 1.81. The average Bonchev–Trinajstić information content (AvgIpc) is 2.87. The Kier molecular flexibility index (Phi) is 4.15. The number of hydrogen-bond acceptors (Lipinski definition) is 4. The number of benzene rings is 2. The van der Waals surface area contributed by atoms with Crippen LogP contribution in [0.15, 0.2) is 46.9 Å². The number of rotatable bonds is 4. The van der Waals surface area contributed by atoms with Gasteiger partial charge in [-0.25, -0.2) is 4.98 Å². The van der Waals surface area contributed by atoms with Gasteiger partial charge in [-0.05, 0) is 42.2 Å². The summed E-state index contributed by atoms with van der Waals surface area (Å²) in [5.41, 5.74) is 3.97. The van der Waals surface area contributed by atoms with Crippen LogP contribution in [0.5, 0.6) is 0 Å². The number of amides is 1. The molecule has 5 heteroatoms. The molecule has 2 aromatic carbocycles. The van der Waals surface area contributed by atoms with Gasteiger partial charge in [0.15, 0.2) is 11.5 Å². The highest BCUT2D eigenvalue weighted by atomic mass is 32.2. The van der Waals surface area contributed by atoms with E-state index in [9.17, 15) is 4.79 Å². The lowest BCUT2D eigenvalue weighted by molar-refractivity contribution is 0.102. The zero-order chi connectivity index (χ0) is 15.5. The van der Waals surface area contributed by atoms with Crippen LogP contribution in [0.1, 0.15) is 21.8 Å². The Morgan fingerprint density at radius 1 is 1.27 bits per heavy atom. The van der Waals surface area contributed by atoms with Crippen molar-refractivity contribution in [3.05, 3.63) is 59.5 Å². The molecule has 0 aliphatic carbocycles. The van der Waals surface area contributed by atoms with Gasteiger partial charge in [0.25, 0.3) is 5.91 Å². The minimum atomic E-state index is -0.123. The quantitative estimate of drug-likeness (QED) is 0.782. The lowest BCUT2D eigenvalue weighted by Gasteiger charge is -2.06. The van der Waals surface area contributed by atoms with Gasteiger partial charge in [-0.1, -0.05) is 12.1 Å². The van der Waals surface area contributed by atoms with Crippen LogP contribution < -0.4 is 5.32 Å². The number of hydrogen-bond donors (Lipinski definition) is 1. The van der Waals surface area contributed by atoms with Crippen molar-refractivity contribution < 1.29 is 9.21 Å². The maximum absolute atomic E-state index is 12.4. The summed E-state index contributed by atoms with van der Waals surface area (Å²) in [6.45, 7) is 1.80. The fourth-order valence-corrected chi connectivity index (χ4v) is 2.81. The van der Waals surface area contributed by atoms with Crippen molar-refractivity contribution in [2.45, 2.75) is 12.7 Å². The maximum atomic E-state index is 12.4. The number of anilines is 1. The van der Waals surface area contributed by atoms with Crippen molar-refractivity contribution >= 4 is 34.5 Å². The second-order valence-electron chi connectivity index (χ2n) is 5.00. The fraction of sp³-hybridized carbons (Fsp3) is 0.176. The Bertz CT molecular complexity index is 826. The first-order chi connectivity index (χ1) is 10.7. The first kappa shape index (κ1) is 14.7. The number of carbonyl (C=O) groups is 1. The zero-order valence-corrected chi connectivity index (χ0v) is 13.2. The van der Waals surface area contributed by atoms with Gasteiger partial charge in [-0.2, -0.15) is 11.8 Å². The SMILES string of the molecule is CSCc1cccc(C(=O)Nc2ccc3oc(C)nc3c2)c1. The molecular weight excluding hydrogens is 296 g/mol. The molecule has 4 nitrogen and oxygen atoms in total. The molecule has 0 saturated carbocycles. The minimum Gasteiger partial charge on any atom is -0.441 e. The van der Waals surface area contributed by atoms with E-state index >= 15 is 0 Å². The van der Waals surface area contributed by atoms with E-state index in [1.165, 1.54) is 0 Å². The highest BCUT2D eigenvalue weighted by molar-refractivity contribution is 7.97. The third-order valence-corrected chi connectivity index (χ3v) is 3.87. The van der Waals surface area contributed by atoms with Crippen LogP contribution in [0.25, 0.3) is 11.1 Å². The molecule has 0 fully saturated rings. The predicted molar refractivity (Wildman–Crippen MR) is 90.4 cm³/mol. The van der Waals surface area contributed by atoms with E-state index < -0.39 is 0 Å². The number of aryl methyl sites for hydroxylation is 1. The minimum absolute atomic E-state index is 0.123. The Morgan fingerprint density at radius 3 is 2.95 bits per heavy atom. The first-order valence-electron chi connectivity index (χ1n) is 6.92. The molecule has 0 bridgehead atoms. The number of fused-ring (bicyclic) bond motifs is 1. The summed E-state index contributed by atoms with van der Waals surface area (Å²) in [6, 6.07) is 13.1. The molecule has 0 spiro atoms. The lowest BCUT2D eigenvalue weighted by atomic mass is 10.1. The zero-order valence-electron chi connectivity index (χ0n) is 12.4. The monoisotopic (exact) mass is 312 g/mol. The molecule has 112 valence electrons. The Hall–Kier alpha value is -2.27. The summed E-state index contributed by atoms with van der Waals surface area (Å²) >= 11 is 1.73. The van der Waals surface area contributed by atoms with E-state index in [1.807, 2.05) is 48.7 Å². The molecule has 0 unspecified atom stereocenters. The molecule has 1 heterocycles. The molecule has 0 saturated heterocycles. The van der Waals surface area contributed by atoms with E-state index in [-0.39, 0.29) is 5.91 Å². The van der Waals surface area contributed by atoms with Crippen LogP contribution in [0, 0.1) is 6.92 Å². The van der Waals surface area contributed by atoms with Crippen molar-refractivity contribution in [1.29, 1.82) is 0 Å². The van der Waals surface area contributed by atoms with Crippen molar-refractivity contribution in [2.24, 2.45) is 0 Å². The standard InChI is InChI=1S/C17H16N2O2S/c1-11-18-15-9-14(6-7-16(15)21-11)19-17(20)13-5-3-4-12(8-13)10-22-2/h3-9H,10H2,1-2H3,(H,19,20). The summed E-state index contributed by atoms with van der Waals surface area (Å²) in [6.07, 6.45) is 2.04. The van der Waals surface area contributed by atoms with Crippen LogP contribution in [0.4, 0.5) is 5.69 Å². The number of carbonyl (C=O) groups excluding carboxylic acids is 1. The lowest BCUT2D eigenvalue weighted by Crippen LogP contribution is -2.12. The van der Waals surface area contributed by atoms with Crippen molar-refractivity contribution in [1.82, 2.24) is 4.98 Å². The molecule has 22 heavy (non-hydrogen) atoms. The van der Waals surface area contributed by atoms with Gasteiger partial charge in [0, 0.05) is 23.9 Å². The van der Waals surface area contributed by atoms with Gasteiger partial charge in [0.2, 0.25) is 0 Å². The molecular formula is C17H16N2O2S. The fourth-order valence-electron chi connectivity index (χ4n) is 2.29. The number of nitrogens with one attached hydrogen (secondary N) is 1. The maximum Gasteiger partial charge on any atom is 0.255 e. The van der Waals surface area contributed by atoms with Crippen LogP contribution in [0.2, 0.25) is 0 Å². The average molecular weight is 312 g/mol. The Labute approximate surface area is 132 Å². The van der Waals surface area contributed by atoms with Crippen LogP contribution in [-0.2, 0) is 5.75 Å². The number of aromatic nitrogens is 1. The highest BCUT2D eigenvalue weighted by Gasteiger charge is 2.09. The summed E-state index contributed by atoms with van der Waals surface area (Å²) in [5.74, 6) is 1.39. The van der Waals surface area contributed by atoms with Gasteiger partial charge in [-0.15, -0.1) is 0 Å². The highest BCUT2D eigenvalue weighted by Crippen LogP contribution is 2.20. The molecule has 0 radical (unpaired) electrons. The largest absolute Gasteiger partial charge is 0.441 e. The Morgan fingerprint density at radius 2 is 2.14 bits per heavy atom. The van der Waals surface area contributed by atoms with E-state index in [4.69, 9.17) is 4.42 Å². The van der Waals surface area contributed by atoms with E-state index in [2.05, 4.69) is 10.3 Å². The van der Waals surface area contributed by atoms with Gasteiger partial charge in [-0.3, -0.25) is 4.79 Å². The van der Waals surface area contributed by atoms with Crippen molar-refractivity contribution in [3.8, 4) is 0 Å². The van der Waals surface area contributed by atoms with Crippen molar-refractivity contribution in [3.63, 3.8) is 0 Å². The first-order valence-corrected chi connectivity index (χ1v) is 8.31. The molecule has 1 amide bonds. The third kappa shape index (κ3) is 3.14. The number of thioether (sulfide) groups is 1. The number of oxazole rings is 1.